The number of ether oxygens (including phenoxy) is 1. The van der Waals surface area contributed by atoms with Crippen LogP contribution in [0.5, 0.6) is 11.5 Å². The largest absolute Gasteiger partial charge is 0.510 e. The van der Waals surface area contributed by atoms with Gasteiger partial charge in [0.2, 0.25) is 5.78 Å². The molecule has 1 aliphatic heterocycles. The monoisotopic (exact) mass is 463 g/mol. The normalized spacial score (nSPS) is 29.6. The second-order valence-electron chi connectivity index (χ2n) is 8.22. The van der Waals surface area contributed by atoms with Crippen molar-refractivity contribution in [3.05, 3.63) is 40.4 Å². The number of amides is 1. The Morgan fingerprint density at radius 1 is 1.25 bits per heavy atom. The van der Waals surface area contributed by atoms with Crippen molar-refractivity contribution in [2.24, 2.45) is 11.7 Å². The van der Waals surface area contributed by atoms with E-state index < -0.39 is 57.4 Å². The van der Waals surface area contributed by atoms with Crippen LogP contribution in [0.3, 0.4) is 0 Å². The summed E-state index contributed by atoms with van der Waals surface area (Å²) >= 11 is 0.504. The number of carbonyl (C=O) groups excluding carboxylic acids is 3. The summed E-state index contributed by atoms with van der Waals surface area (Å²) in [6, 6.07) is 1.77. The van der Waals surface area contributed by atoms with Gasteiger partial charge in [0.05, 0.1) is 29.2 Å². The van der Waals surface area contributed by atoms with Gasteiger partial charge < -0.3 is 30.9 Å². The Labute approximate surface area is 187 Å². The fourth-order valence-electron chi connectivity index (χ4n) is 4.93. The van der Waals surface area contributed by atoms with E-state index in [1.807, 2.05) is 0 Å². The van der Waals surface area contributed by atoms with Crippen LogP contribution in [0.4, 0.5) is 0 Å². The van der Waals surface area contributed by atoms with Crippen LogP contribution in [0.25, 0.3) is 0 Å². The fraction of sp³-hybridized carbons (Fsp3) is 0.381. The molecule has 0 fully saturated rings. The Kier molecular flexibility index (Phi) is 5.03. The number of ketones is 2. The molecular formula is C21H23N2O8S. The summed E-state index contributed by atoms with van der Waals surface area (Å²) in [5, 5.41) is 42.9. The second-order valence-corrected chi connectivity index (χ2v) is 9.55. The smallest absolute Gasteiger partial charge is 0.255 e. The van der Waals surface area contributed by atoms with E-state index in [0.29, 0.717) is 22.4 Å². The first-order valence-electron chi connectivity index (χ1n) is 9.72. The second kappa shape index (κ2) is 7.26. The van der Waals surface area contributed by atoms with Crippen molar-refractivity contribution in [2.75, 3.05) is 21.2 Å². The standard InChI is InChI=1S/C21H23N2O8S/c1-23(2)14-7-6-10-12(15(25)11-8(24)4-5-9(31-3)17(11)32-10)18(27)21(7,30)19(28)13(16(14)26)20(22)29/h4-5,7,10,14,24,26-27,30,32H,6H2,1-3H3,(H2,22,29). The lowest BCUT2D eigenvalue weighted by Crippen LogP contribution is -2.64. The number of benzene rings is 1. The molecule has 6 N–H and O–H groups in total. The van der Waals surface area contributed by atoms with Crippen LogP contribution in [0.2, 0.25) is 0 Å². The van der Waals surface area contributed by atoms with Crippen LogP contribution in [-0.2, 0) is 9.59 Å². The highest BCUT2D eigenvalue weighted by Crippen LogP contribution is 2.55. The number of aliphatic hydroxyl groups excluding tert-OH is 2. The molecule has 4 atom stereocenters. The van der Waals surface area contributed by atoms with Gasteiger partial charge in [-0.15, -0.1) is 0 Å². The van der Waals surface area contributed by atoms with Crippen molar-refractivity contribution < 1.29 is 39.5 Å². The van der Waals surface area contributed by atoms with Gasteiger partial charge in [0.15, 0.2) is 11.4 Å². The molecule has 3 aliphatic rings. The van der Waals surface area contributed by atoms with Gasteiger partial charge in [-0.3, -0.25) is 19.3 Å². The number of carbonyl (C=O) groups is 3. The summed E-state index contributed by atoms with van der Waals surface area (Å²) in [5.41, 5.74) is 1.51. The predicted molar refractivity (Wildman–Crippen MR) is 114 cm³/mol. The zero-order valence-electron chi connectivity index (χ0n) is 17.5. The Balaban J connectivity index is 1.98. The molecule has 0 aromatic heterocycles. The van der Waals surface area contributed by atoms with Crippen molar-refractivity contribution in [1.29, 1.82) is 0 Å². The third-order valence-corrected chi connectivity index (χ3v) is 7.83. The van der Waals surface area contributed by atoms with Crippen LogP contribution < -0.4 is 10.5 Å². The number of aromatic hydroxyl groups is 1. The highest BCUT2D eigenvalue weighted by Gasteiger charge is 2.63. The van der Waals surface area contributed by atoms with E-state index in [2.05, 4.69) is 0 Å². The number of thiol groups is 1. The molecule has 0 spiro atoms. The van der Waals surface area contributed by atoms with E-state index in [4.69, 9.17) is 10.5 Å². The maximum absolute atomic E-state index is 13.3. The summed E-state index contributed by atoms with van der Waals surface area (Å²) in [6.07, 6.45) is 0.0200. The Bertz CT molecular complexity index is 1140. The van der Waals surface area contributed by atoms with Gasteiger partial charge >= 0.3 is 0 Å². The molecule has 4 unspecified atom stereocenters. The lowest BCUT2D eigenvalue weighted by atomic mass is 9.63. The van der Waals surface area contributed by atoms with Gasteiger partial charge in [-0.2, -0.15) is 11.8 Å². The van der Waals surface area contributed by atoms with Gasteiger partial charge in [0, 0.05) is 11.2 Å². The average Bonchev–Trinajstić information content (AvgIpc) is 2.70. The minimum absolute atomic E-state index is 0.0200. The van der Waals surface area contributed by atoms with Gasteiger partial charge in [-0.25, -0.2) is 0 Å². The van der Waals surface area contributed by atoms with Crippen LogP contribution in [-0.4, -0.2) is 80.9 Å². The zero-order valence-corrected chi connectivity index (χ0v) is 18.4. The minimum Gasteiger partial charge on any atom is -0.510 e. The number of nitrogens with zero attached hydrogens (tertiary/aromatic N) is 1. The van der Waals surface area contributed by atoms with Gasteiger partial charge in [0.1, 0.15) is 28.6 Å². The first kappa shape index (κ1) is 22.2. The van der Waals surface area contributed by atoms with Gasteiger partial charge in [-0.1, -0.05) is 0 Å². The number of methoxy groups -OCH3 is 1. The topological polar surface area (TPSA) is 171 Å². The molecule has 32 heavy (non-hydrogen) atoms. The highest BCUT2D eigenvalue weighted by molar-refractivity contribution is 8.00. The number of hydrogen-bond acceptors (Lipinski definition) is 9. The van der Waals surface area contributed by atoms with Crippen molar-refractivity contribution in [2.45, 2.75) is 28.2 Å². The number of hydrogen-bond donors (Lipinski definition) is 6. The number of phenolic OH excluding ortho intramolecular Hbond substituents is 1. The third-order valence-electron chi connectivity index (χ3n) is 6.35. The first-order valence-corrected chi connectivity index (χ1v) is 10.7. The highest BCUT2D eigenvalue weighted by atomic mass is 32.2. The van der Waals surface area contributed by atoms with Gasteiger partial charge in [0.25, 0.3) is 5.91 Å². The first-order chi connectivity index (χ1) is 15.0. The zero-order chi connectivity index (χ0) is 23.7. The number of aliphatic hydroxyl groups is 3. The molecule has 1 aromatic carbocycles. The number of rotatable bonds is 3. The molecule has 11 heteroatoms. The number of likely N-dealkylation sites (N-methyl/N-ethyl adjacent to an activating group) is 1. The van der Waals surface area contributed by atoms with E-state index in [1.165, 1.54) is 24.1 Å². The summed E-state index contributed by atoms with van der Waals surface area (Å²) in [6.45, 7) is 0. The van der Waals surface area contributed by atoms with Crippen LogP contribution in [0.1, 0.15) is 16.8 Å². The quantitative estimate of drug-likeness (QED) is 0.270. The summed E-state index contributed by atoms with van der Waals surface area (Å²) in [4.78, 5) is 40.3. The Morgan fingerprint density at radius 2 is 1.91 bits per heavy atom. The van der Waals surface area contributed by atoms with Crippen LogP contribution in [0, 0.1) is 5.92 Å². The maximum atomic E-state index is 13.3. The Morgan fingerprint density at radius 3 is 2.47 bits per heavy atom. The number of nitrogens with two attached hydrogens (primary N) is 1. The molecule has 1 amide bonds. The number of Topliss-reactive ketones (excluding diaryl/α,β-unsaturated/α-hetero) is 2. The van der Waals surface area contributed by atoms with E-state index in [-0.39, 0.29) is 23.3 Å². The maximum Gasteiger partial charge on any atom is 0.255 e. The molecule has 2 aliphatic carbocycles. The third kappa shape index (κ3) is 2.71. The van der Waals surface area contributed by atoms with E-state index in [9.17, 15) is 34.8 Å². The van der Waals surface area contributed by atoms with Crippen molar-refractivity contribution in [1.82, 2.24) is 4.90 Å². The lowest BCUT2D eigenvalue weighted by Gasteiger charge is -2.50. The fourth-order valence-corrected chi connectivity index (χ4v) is 6.58. The molecule has 0 saturated carbocycles. The van der Waals surface area contributed by atoms with E-state index in [0.717, 1.165) is 0 Å². The molecule has 1 aromatic rings. The molecule has 0 bridgehead atoms. The summed E-state index contributed by atoms with van der Waals surface area (Å²) in [7, 11) is 4.57. The molecule has 4 rings (SSSR count). The van der Waals surface area contributed by atoms with Crippen LogP contribution in [0.15, 0.2) is 39.7 Å². The lowest BCUT2D eigenvalue weighted by molar-refractivity contribution is -0.147. The van der Waals surface area contributed by atoms with E-state index >= 15 is 0 Å². The SMILES string of the molecule is COc1ccc(O)c2c1[SH]C1CC3C(N(C)C)C(O)=C(C(N)=O)C(=O)C3(O)C(O)=C1C2=O. The number of primary amides is 1. The molecular weight excluding hydrogens is 440 g/mol. The Hall–Kier alpha value is -3.02. The molecule has 1 heterocycles. The van der Waals surface area contributed by atoms with Crippen molar-refractivity contribution >= 4 is 29.2 Å². The van der Waals surface area contributed by atoms with Crippen LogP contribution >= 0.6 is 11.8 Å². The van der Waals surface area contributed by atoms with E-state index in [1.54, 1.807) is 14.1 Å². The molecule has 0 saturated heterocycles. The van der Waals surface area contributed by atoms with Gasteiger partial charge in [-0.05, 0) is 32.6 Å². The predicted octanol–water partition coefficient (Wildman–Crippen LogP) is 0.163. The number of phenols is 1. The summed E-state index contributed by atoms with van der Waals surface area (Å²) in [5.74, 6) is -5.80. The summed E-state index contributed by atoms with van der Waals surface area (Å²) < 4.78 is 5.32. The number of fused-ring (bicyclic) bond motifs is 3. The molecule has 171 valence electrons. The molecule has 1 radical (unpaired) electrons. The minimum atomic E-state index is -2.64. The van der Waals surface area contributed by atoms with Crippen molar-refractivity contribution in [3.63, 3.8) is 0 Å². The molecule has 10 nitrogen and oxygen atoms in total. The van der Waals surface area contributed by atoms with Crippen molar-refractivity contribution in [3.8, 4) is 11.5 Å². The average molecular weight is 463 g/mol.